The molecule has 0 atom stereocenters. The number of aryl methyl sites for hydroxylation is 1. The van der Waals surface area contributed by atoms with Gasteiger partial charge in [-0.15, -0.1) is 0 Å². The number of pyridine rings is 1. The smallest absolute Gasteiger partial charge is 0.180 e. The van der Waals surface area contributed by atoms with Crippen LogP contribution >= 0.6 is 0 Å². The fourth-order valence-corrected chi connectivity index (χ4v) is 2.87. The van der Waals surface area contributed by atoms with Crippen LogP contribution in [0.2, 0.25) is 0 Å². The molecule has 130 valence electrons. The second-order valence-corrected chi connectivity index (χ2v) is 6.13. The molecule has 2 aromatic carbocycles. The average Bonchev–Trinajstić information content (AvgIpc) is 3.19. The zero-order valence-corrected chi connectivity index (χ0v) is 14.7. The summed E-state index contributed by atoms with van der Waals surface area (Å²) in [5, 5.41) is 4.46. The van der Waals surface area contributed by atoms with Crippen molar-refractivity contribution >= 4 is 16.6 Å². The number of fused-ring (bicyclic) bond motifs is 1. The second kappa shape index (κ2) is 6.88. The van der Waals surface area contributed by atoms with Gasteiger partial charge in [-0.3, -0.25) is 0 Å². The van der Waals surface area contributed by atoms with Crippen molar-refractivity contribution in [2.24, 2.45) is 0 Å². The number of rotatable bonds is 5. The number of ether oxygens (including phenoxy) is 1. The van der Waals surface area contributed by atoms with E-state index in [9.17, 15) is 0 Å². The quantitative estimate of drug-likeness (QED) is 0.562. The third kappa shape index (κ3) is 3.24. The maximum atomic E-state index is 5.36. The Morgan fingerprint density at radius 3 is 2.65 bits per heavy atom. The molecule has 5 nitrogen and oxygen atoms in total. The van der Waals surface area contributed by atoms with Crippen LogP contribution in [0.3, 0.4) is 0 Å². The molecule has 2 aromatic heterocycles. The Morgan fingerprint density at radius 2 is 1.92 bits per heavy atom. The van der Waals surface area contributed by atoms with Crippen LogP contribution in [0.25, 0.3) is 22.2 Å². The van der Waals surface area contributed by atoms with Crippen LogP contribution in [0.5, 0.6) is 5.75 Å². The first-order chi connectivity index (χ1) is 12.7. The van der Waals surface area contributed by atoms with Gasteiger partial charge in [0.25, 0.3) is 0 Å². The molecule has 0 bridgehead atoms. The second-order valence-electron chi connectivity index (χ2n) is 6.13. The van der Waals surface area contributed by atoms with Crippen LogP contribution in [0.4, 0.5) is 5.69 Å². The van der Waals surface area contributed by atoms with Gasteiger partial charge in [-0.25, -0.2) is 9.97 Å². The van der Waals surface area contributed by atoms with E-state index in [4.69, 9.17) is 14.1 Å². The lowest BCUT2D eigenvalue weighted by atomic mass is 10.1. The highest BCUT2D eigenvalue weighted by molar-refractivity contribution is 5.94. The Morgan fingerprint density at radius 1 is 1.08 bits per heavy atom. The number of benzene rings is 2. The summed E-state index contributed by atoms with van der Waals surface area (Å²) >= 11 is 0. The van der Waals surface area contributed by atoms with Crippen molar-refractivity contribution in [2.75, 3.05) is 12.4 Å². The van der Waals surface area contributed by atoms with Crippen molar-refractivity contribution in [1.29, 1.82) is 0 Å². The van der Waals surface area contributed by atoms with Gasteiger partial charge in [0.1, 0.15) is 11.5 Å². The van der Waals surface area contributed by atoms with Crippen LogP contribution in [-0.4, -0.2) is 17.1 Å². The summed E-state index contributed by atoms with van der Waals surface area (Å²) in [5.41, 5.74) is 5.07. The Bertz CT molecular complexity index is 1030. The first-order valence-corrected chi connectivity index (χ1v) is 8.40. The molecule has 0 saturated carbocycles. The number of methoxy groups -OCH3 is 1. The van der Waals surface area contributed by atoms with Crippen LogP contribution in [0.15, 0.2) is 65.5 Å². The molecular formula is C21H19N3O2. The standard InChI is InChI=1S/C21H19N3O2/c1-14-3-5-15(6-4-14)19-10-20(23-12-17-11-22-13-26-17)18-8-7-16(25-2)9-21(18)24-19/h3-11,13H,12H2,1-2H3,(H,23,24). The summed E-state index contributed by atoms with van der Waals surface area (Å²) in [6.45, 7) is 2.63. The maximum absolute atomic E-state index is 5.36. The van der Waals surface area contributed by atoms with Gasteiger partial charge in [0, 0.05) is 22.7 Å². The predicted molar refractivity (Wildman–Crippen MR) is 102 cm³/mol. The number of nitrogens with zero attached hydrogens (tertiary/aromatic N) is 2. The van der Waals surface area contributed by atoms with Gasteiger partial charge in [0.2, 0.25) is 0 Å². The van der Waals surface area contributed by atoms with Gasteiger partial charge in [-0.2, -0.15) is 0 Å². The lowest BCUT2D eigenvalue weighted by Crippen LogP contribution is -2.01. The van der Waals surface area contributed by atoms with E-state index in [-0.39, 0.29) is 0 Å². The lowest BCUT2D eigenvalue weighted by molar-refractivity contribution is 0.415. The molecule has 4 rings (SSSR count). The molecule has 0 radical (unpaired) electrons. The predicted octanol–water partition coefficient (Wildman–Crippen LogP) is 4.82. The summed E-state index contributed by atoms with van der Waals surface area (Å²) in [7, 11) is 1.66. The van der Waals surface area contributed by atoms with Crippen LogP contribution in [0, 0.1) is 6.92 Å². The fraction of sp³-hybridized carbons (Fsp3) is 0.143. The molecule has 4 aromatic rings. The maximum Gasteiger partial charge on any atom is 0.180 e. The van der Waals surface area contributed by atoms with Gasteiger partial charge in [-0.05, 0) is 25.1 Å². The average molecular weight is 345 g/mol. The van der Waals surface area contributed by atoms with Crippen molar-refractivity contribution in [3.8, 4) is 17.0 Å². The van der Waals surface area contributed by atoms with Crippen LogP contribution in [-0.2, 0) is 6.54 Å². The summed E-state index contributed by atoms with van der Waals surface area (Å²) in [5.74, 6) is 1.56. The highest BCUT2D eigenvalue weighted by Crippen LogP contribution is 2.31. The Labute approximate surface area is 151 Å². The van der Waals surface area contributed by atoms with E-state index >= 15 is 0 Å². The van der Waals surface area contributed by atoms with E-state index in [1.165, 1.54) is 12.0 Å². The van der Waals surface area contributed by atoms with E-state index < -0.39 is 0 Å². The third-order valence-electron chi connectivity index (χ3n) is 4.30. The molecule has 0 aliphatic rings. The molecule has 0 aliphatic heterocycles. The lowest BCUT2D eigenvalue weighted by Gasteiger charge is -2.12. The Kier molecular flexibility index (Phi) is 4.27. The minimum atomic E-state index is 0.554. The van der Waals surface area contributed by atoms with Gasteiger partial charge in [0.15, 0.2) is 6.39 Å². The topological polar surface area (TPSA) is 60.2 Å². The largest absolute Gasteiger partial charge is 0.497 e. The van der Waals surface area contributed by atoms with Crippen LogP contribution < -0.4 is 10.1 Å². The zero-order valence-electron chi connectivity index (χ0n) is 14.7. The number of hydrogen-bond acceptors (Lipinski definition) is 5. The number of oxazole rings is 1. The Hall–Kier alpha value is -3.34. The summed E-state index contributed by atoms with van der Waals surface area (Å²) < 4.78 is 10.7. The molecule has 5 heteroatoms. The fourth-order valence-electron chi connectivity index (χ4n) is 2.87. The molecular weight excluding hydrogens is 326 g/mol. The van der Waals surface area contributed by atoms with Gasteiger partial charge < -0.3 is 14.5 Å². The summed E-state index contributed by atoms with van der Waals surface area (Å²) in [4.78, 5) is 8.79. The third-order valence-corrected chi connectivity index (χ3v) is 4.30. The highest BCUT2D eigenvalue weighted by Gasteiger charge is 2.09. The number of hydrogen-bond donors (Lipinski definition) is 1. The molecule has 0 spiro atoms. The van der Waals surface area contributed by atoms with Gasteiger partial charge >= 0.3 is 0 Å². The van der Waals surface area contributed by atoms with Crippen molar-refractivity contribution < 1.29 is 9.15 Å². The van der Waals surface area contributed by atoms with E-state index in [1.54, 1.807) is 13.3 Å². The molecule has 0 aliphatic carbocycles. The van der Waals surface area contributed by atoms with Crippen molar-refractivity contribution in [3.05, 3.63) is 72.4 Å². The Balaban J connectivity index is 1.80. The summed E-state index contributed by atoms with van der Waals surface area (Å²) in [6.07, 6.45) is 3.14. The monoisotopic (exact) mass is 345 g/mol. The summed E-state index contributed by atoms with van der Waals surface area (Å²) in [6, 6.07) is 16.3. The molecule has 0 fully saturated rings. The van der Waals surface area contributed by atoms with E-state index in [2.05, 4.69) is 47.6 Å². The number of aromatic nitrogens is 2. The molecule has 0 saturated heterocycles. The van der Waals surface area contributed by atoms with E-state index in [1.807, 2.05) is 18.2 Å². The van der Waals surface area contributed by atoms with Gasteiger partial charge in [-0.1, -0.05) is 29.8 Å². The first-order valence-electron chi connectivity index (χ1n) is 8.40. The van der Waals surface area contributed by atoms with E-state index in [0.717, 1.165) is 39.4 Å². The minimum Gasteiger partial charge on any atom is -0.497 e. The first kappa shape index (κ1) is 16.1. The molecule has 26 heavy (non-hydrogen) atoms. The molecule has 2 heterocycles. The van der Waals surface area contributed by atoms with Gasteiger partial charge in [0.05, 0.1) is 31.1 Å². The van der Waals surface area contributed by atoms with Crippen molar-refractivity contribution in [3.63, 3.8) is 0 Å². The molecule has 1 N–H and O–H groups in total. The van der Waals surface area contributed by atoms with Crippen LogP contribution in [0.1, 0.15) is 11.3 Å². The number of nitrogens with one attached hydrogen (secondary N) is 1. The SMILES string of the molecule is COc1ccc2c(NCc3cnco3)cc(-c3ccc(C)cc3)nc2c1. The molecule has 0 unspecified atom stereocenters. The number of anilines is 1. The van der Waals surface area contributed by atoms with Crippen molar-refractivity contribution in [1.82, 2.24) is 9.97 Å². The minimum absolute atomic E-state index is 0.554. The normalized spacial score (nSPS) is 10.8. The van der Waals surface area contributed by atoms with Crippen molar-refractivity contribution in [2.45, 2.75) is 13.5 Å². The zero-order chi connectivity index (χ0) is 17.9. The highest BCUT2D eigenvalue weighted by atomic mass is 16.5. The molecule has 0 amide bonds. The van der Waals surface area contributed by atoms with E-state index in [0.29, 0.717) is 6.54 Å².